The molecule has 1 fully saturated rings. The number of ketones is 1. The average Bonchev–Trinajstić information content (AvgIpc) is 2.76. The molecule has 1 aromatic rings. The van der Waals surface area contributed by atoms with Crippen LogP contribution in [0.1, 0.15) is 28.7 Å². The Hall–Kier alpha value is -1.88. The van der Waals surface area contributed by atoms with E-state index >= 15 is 0 Å². The summed E-state index contributed by atoms with van der Waals surface area (Å²) in [5.41, 5.74) is 2.89. The van der Waals surface area contributed by atoms with Crippen molar-refractivity contribution in [3.05, 3.63) is 35.7 Å². The molecule has 0 N–H and O–H groups in total. The summed E-state index contributed by atoms with van der Waals surface area (Å²) in [5, 5.41) is 0. The minimum atomic E-state index is 0.110. The lowest BCUT2D eigenvalue weighted by molar-refractivity contribution is -0.130. The van der Waals surface area contributed by atoms with Crippen molar-refractivity contribution in [1.82, 2.24) is 14.4 Å². The molecule has 0 spiro atoms. The lowest BCUT2D eigenvalue weighted by Crippen LogP contribution is -2.49. The second kappa shape index (κ2) is 6.92. The molecule has 2 heterocycles. The summed E-state index contributed by atoms with van der Waals surface area (Å²) >= 11 is 0. The maximum Gasteiger partial charge on any atom is 0.219 e. The van der Waals surface area contributed by atoms with Gasteiger partial charge in [-0.25, -0.2) is 0 Å². The highest BCUT2D eigenvalue weighted by Crippen LogP contribution is 2.16. The van der Waals surface area contributed by atoms with Crippen LogP contribution in [0.2, 0.25) is 0 Å². The predicted octanol–water partition coefficient (Wildman–Crippen LogP) is 1.64. The number of piperazine rings is 1. The minimum absolute atomic E-state index is 0.110. The number of nitrogens with zero attached hydrogens (tertiary/aromatic N) is 3. The van der Waals surface area contributed by atoms with Crippen molar-refractivity contribution in [3.8, 4) is 0 Å². The summed E-state index contributed by atoms with van der Waals surface area (Å²) in [5.74, 6) is 0.263. The van der Waals surface area contributed by atoms with Gasteiger partial charge in [0.25, 0.3) is 0 Å². The number of aromatic nitrogens is 1. The predicted molar refractivity (Wildman–Crippen MR) is 87.1 cm³/mol. The standard InChI is InChI=1S/C17H25N3O2/c1-5-6-20-13(2)11-16(14(20)3)17(22)12-18-7-9-19(10-8-18)15(4)21/h5,11H,1,6-10,12H2,2-4H3. The Balaban J connectivity index is 2.00. The number of aryl methyl sites for hydroxylation is 1. The summed E-state index contributed by atoms with van der Waals surface area (Å²) in [6.07, 6.45) is 1.84. The van der Waals surface area contributed by atoms with E-state index < -0.39 is 0 Å². The third kappa shape index (κ3) is 3.47. The highest BCUT2D eigenvalue weighted by atomic mass is 16.2. The molecule has 5 nitrogen and oxygen atoms in total. The van der Waals surface area contributed by atoms with Gasteiger partial charge < -0.3 is 9.47 Å². The van der Waals surface area contributed by atoms with Gasteiger partial charge in [-0.15, -0.1) is 6.58 Å². The summed E-state index contributed by atoms with van der Waals surface area (Å²) in [7, 11) is 0. The van der Waals surface area contributed by atoms with E-state index in [0.29, 0.717) is 19.6 Å². The summed E-state index contributed by atoms with van der Waals surface area (Å²) in [6.45, 7) is 13.4. The Kier molecular flexibility index (Phi) is 5.19. The molecule has 0 radical (unpaired) electrons. The molecule has 5 heteroatoms. The first-order valence-corrected chi connectivity index (χ1v) is 7.72. The van der Waals surface area contributed by atoms with Crippen molar-refractivity contribution in [2.24, 2.45) is 0 Å². The minimum Gasteiger partial charge on any atom is -0.345 e. The van der Waals surface area contributed by atoms with Crippen molar-refractivity contribution >= 4 is 11.7 Å². The molecule has 1 aliphatic rings. The number of hydrogen-bond donors (Lipinski definition) is 0. The van der Waals surface area contributed by atoms with Gasteiger partial charge in [0, 0.05) is 56.6 Å². The van der Waals surface area contributed by atoms with Gasteiger partial charge in [0.05, 0.1) is 6.54 Å². The van der Waals surface area contributed by atoms with Crippen LogP contribution in [-0.2, 0) is 11.3 Å². The van der Waals surface area contributed by atoms with E-state index in [4.69, 9.17) is 0 Å². The highest BCUT2D eigenvalue weighted by Gasteiger charge is 2.22. The van der Waals surface area contributed by atoms with Crippen LogP contribution >= 0.6 is 0 Å². The van der Waals surface area contributed by atoms with E-state index in [1.54, 1.807) is 6.92 Å². The molecule has 120 valence electrons. The van der Waals surface area contributed by atoms with Gasteiger partial charge in [-0.2, -0.15) is 0 Å². The molecule has 2 rings (SSSR count). The Morgan fingerprint density at radius 1 is 1.23 bits per heavy atom. The Labute approximate surface area is 132 Å². The Bertz CT molecular complexity index is 581. The topological polar surface area (TPSA) is 45.6 Å². The molecule has 0 unspecified atom stereocenters. The second-order valence-electron chi connectivity index (χ2n) is 5.89. The third-order valence-electron chi connectivity index (χ3n) is 4.37. The molecule has 0 atom stereocenters. The zero-order valence-electron chi connectivity index (χ0n) is 13.8. The molecule has 0 bridgehead atoms. The first-order chi connectivity index (χ1) is 10.4. The first-order valence-electron chi connectivity index (χ1n) is 7.72. The smallest absolute Gasteiger partial charge is 0.219 e. The van der Waals surface area contributed by atoms with E-state index in [1.165, 1.54) is 0 Å². The van der Waals surface area contributed by atoms with Gasteiger partial charge in [-0.3, -0.25) is 14.5 Å². The van der Waals surface area contributed by atoms with E-state index in [2.05, 4.69) is 16.0 Å². The molecule has 0 aliphatic carbocycles. The molecular formula is C17H25N3O2. The van der Waals surface area contributed by atoms with Gasteiger partial charge in [-0.1, -0.05) is 6.08 Å². The number of amides is 1. The zero-order valence-corrected chi connectivity index (χ0v) is 13.8. The summed E-state index contributed by atoms with van der Waals surface area (Å²) in [6, 6.07) is 1.97. The van der Waals surface area contributed by atoms with Crippen molar-refractivity contribution in [2.45, 2.75) is 27.3 Å². The van der Waals surface area contributed by atoms with Gasteiger partial charge in [0.15, 0.2) is 5.78 Å². The fraction of sp³-hybridized carbons (Fsp3) is 0.529. The van der Waals surface area contributed by atoms with Crippen LogP contribution in [-0.4, -0.2) is 58.8 Å². The van der Waals surface area contributed by atoms with E-state index in [-0.39, 0.29) is 11.7 Å². The molecule has 22 heavy (non-hydrogen) atoms. The number of hydrogen-bond acceptors (Lipinski definition) is 3. The third-order valence-corrected chi connectivity index (χ3v) is 4.37. The van der Waals surface area contributed by atoms with E-state index in [9.17, 15) is 9.59 Å². The van der Waals surface area contributed by atoms with Crippen LogP contribution in [0, 0.1) is 13.8 Å². The number of carbonyl (C=O) groups excluding carboxylic acids is 2. The Morgan fingerprint density at radius 3 is 2.41 bits per heavy atom. The maximum atomic E-state index is 12.6. The lowest BCUT2D eigenvalue weighted by atomic mass is 10.1. The molecule has 1 saturated heterocycles. The number of allylic oxidation sites excluding steroid dienone is 1. The fourth-order valence-corrected chi connectivity index (χ4v) is 3.00. The largest absolute Gasteiger partial charge is 0.345 e. The van der Waals surface area contributed by atoms with Crippen molar-refractivity contribution in [3.63, 3.8) is 0 Å². The van der Waals surface area contributed by atoms with Crippen molar-refractivity contribution in [1.29, 1.82) is 0 Å². The number of carbonyl (C=O) groups is 2. The van der Waals surface area contributed by atoms with Crippen LogP contribution in [0.5, 0.6) is 0 Å². The normalized spacial score (nSPS) is 15.9. The van der Waals surface area contributed by atoms with Crippen LogP contribution in [0.4, 0.5) is 0 Å². The van der Waals surface area contributed by atoms with Gasteiger partial charge >= 0.3 is 0 Å². The summed E-state index contributed by atoms with van der Waals surface area (Å²) in [4.78, 5) is 27.8. The quantitative estimate of drug-likeness (QED) is 0.613. The molecule has 1 aliphatic heterocycles. The van der Waals surface area contributed by atoms with Gasteiger partial charge in [0.2, 0.25) is 5.91 Å². The van der Waals surface area contributed by atoms with Crippen molar-refractivity contribution < 1.29 is 9.59 Å². The fourth-order valence-electron chi connectivity index (χ4n) is 3.00. The second-order valence-corrected chi connectivity index (χ2v) is 5.89. The molecule has 1 amide bonds. The van der Waals surface area contributed by atoms with Crippen LogP contribution in [0.15, 0.2) is 18.7 Å². The number of rotatable bonds is 5. The lowest BCUT2D eigenvalue weighted by Gasteiger charge is -2.33. The first kappa shape index (κ1) is 16.5. The molecule has 1 aromatic heterocycles. The van der Waals surface area contributed by atoms with Gasteiger partial charge in [-0.05, 0) is 19.9 Å². The van der Waals surface area contributed by atoms with E-state index in [0.717, 1.165) is 36.6 Å². The van der Waals surface area contributed by atoms with Crippen LogP contribution < -0.4 is 0 Å². The Morgan fingerprint density at radius 2 is 1.86 bits per heavy atom. The molecule has 0 saturated carbocycles. The molecule has 0 aromatic carbocycles. The highest BCUT2D eigenvalue weighted by molar-refractivity contribution is 5.99. The maximum absolute atomic E-state index is 12.6. The average molecular weight is 303 g/mol. The SMILES string of the molecule is C=CCn1c(C)cc(C(=O)CN2CCN(C(C)=O)CC2)c1C. The van der Waals surface area contributed by atoms with Crippen LogP contribution in [0.25, 0.3) is 0 Å². The monoisotopic (exact) mass is 303 g/mol. The summed E-state index contributed by atoms with van der Waals surface area (Å²) < 4.78 is 2.11. The van der Waals surface area contributed by atoms with Crippen LogP contribution in [0.3, 0.4) is 0 Å². The van der Waals surface area contributed by atoms with Crippen molar-refractivity contribution in [2.75, 3.05) is 32.7 Å². The van der Waals surface area contributed by atoms with Gasteiger partial charge in [0.1, 0.15) is 0 Å². The molecular weight excluding hydrogens is 278 g/mol. The van der Waals surface area contributed by atoms with E-state index in [1.807, 2.05) is 30.9 Å². The number of Topliss-reactive ketones (excluding diaryl/α,β-unsaturated/α-hetero) is 1. The zero-order chi connectivity index (χ0) is 16.3.